The molecule has 1 aromatic rings. The summed E-state index contributed by atoms with van der Waals surface area (Å²) in [6, 6.07) is 0. The van der Waals surface area contributed by atoms with Crippen LogP contribution in [-0.2, 0) is 7.05 Å². The molecule has 0 aliphatic rings. The van der Waals surface area contributed by atoms with Crippen LogP contribution < -0.4 is 22.7 Å². The number of nitrogen functional groups attached to an aromatic ring is 2. The van der Waals surface area contributed by atoms with Gasteiger partial charge in [-0.15, -0.1) is 9.58 Å². The predicted molar refractivity (Wildman–Crippen MR) is 46.0 cm³/mol. The molecule has 8 nitrogen and oxygen atoms in total. The van der Waals surface area contributed by atoms with Crippen LogP contribution in [0.15, 0.2) is 14.9 Å². The second-order valence-corrected chi connectivity index (χ2v) is 2.34. The molecule has 1 aromatic heterocycles. The number of nitrogens with two attached hydrogens (primary N) is 2. The van der Waals surface area contributed by atoms with Gasteiger partial charge in [0.05, 0.1) is 5.29 Å². The summed E-state index contributed by atoms with van der Waals surface area (Å²) >= 11 is 0. The minimum Gasteiger partial charge on any atom is -0.391 e. The van der Waals surface area contributed by atoms with E-state index in [0.29, 0.717) is 0 Å². The first-order valence-corrected chi connectivity index (χ1v) is 3.21. The Hall–Kier alpha value is -2.12. The lowest BCUT2D eigenvalue weighted by Gasteiger charge is -2.05. The molecule has 0 saturated heterocycles. The average molecular weight is 185 g/mol. The van der Waals surface area contributed by atoms with Crippen molar-refractivity contribution in [3.05, 3.63) is 25.7 Å². The molecule has 8 heteroatoms. The molecular weight excluding hydrogens is 178 g/mol. The fourth-order valence-corrected chi connectivity index (χ4v) is 0.808. The van der Waals surface area contributed by atoms with Crippen molar-refractivity contribution >= 4 is 11.5 Å². The highest BCUT2D eigenvalue weighted by Gasteiger charge is 2.12. The predicted octanol–water partition coefficient (Wildman–Crippen LogP) is -1.76. The standard InChI is InChI=1S/C5H7N5O3/c1-9-3(7)2(6)4(11)10(8-13)5(9)12/h6-7H2,1H3. The Labute approximate surface area is 71.3 Å². The molecule has 1 rings (SSSR count). The summed E-state index contributed by atoms with van der Waals surface area (Å²) in [5.41, 5.74) is 8.20. The molecule has 0 bridgehead atoms. The summed E-state index contributed by atoms with van der Waals surface area (Å²) < 4.78 is 0.962. The van der Waals surface area contributed by atoms with E-state index in [1.165, 1.54) is 7.05 Å². The first-order valence-electron chi connectivity index (χ1n) is 3.21. The molecule has 0 spiro atoms. The highest BCUT2D eigenvalue weighted by atomic mass is 16.3. The van der Waals surface area contributed by atoms with Crippen LogP contribution in [0.5, 0.6) is 0 Å². The lowest BCUT2D eigenvalue weighted by molar-refractivity contribution is 0.678. The first kappa shape index (κ1) is 8.97. The molecule has 0 unspecified atom stereocenters. The highest BCUT2D eigenvalue weighted by molar-refractivity contribution is 5.56. The van der Waals surface area contributed by atoms with Crippen LogP contribution in [0.25, 0.3) is 0 Å². The van der Waals surface area contributed by atoms with Gasteiger partial charge >= 0.3 is 11.2 Å². The Morgan fingerprint density at radius 3 is 2.31 bits per heavy atom. The molecular formula is C5H7N5O3. The molecule has 70 valence electrons. The lowest BCUT2D eigenvalue weighted by Crippen LogP contribution is -2.39. The van der Waals surface area contributed by atoms with Crippen molar-refractivity contribution in [1.82, 2.24) is 9.24 Å². The summed E-state index contributed by atoms with van der Waals surface area (Å²) in [6.45, 7) is 0. The largest absolute Gasteiger partial charge is 0.391 e. The van der Waals surface area contributed by atoms with Crippen LogP contribution in [0, 0.1) is 4.91 Å². The van der Waals surface area contributed by atoms with E-state index in [1.807, 2.05) is 0 Å². The molecule has 0 fully saturated rings. The second-order valence-electron chi connectivity index (χ2n) is 2.34. The van der Waals surface area contributed by atoms with Crippen LogP contribution in [-0.4, -0.2) is 9.24 Å². The van der Waals surface area contributed by atoms with Gasteiger partial charge in [0.15, 0.2) is 0 Å². The van der Waals surface area contributed by atoms with E-state index in [9.17, 15) is 14.5 Å². The molecule has 0 atom stereocenters. The summed E-state index contributed by atoms with van der Waals surface area (Å²) in [6.07, 6.45) is 0. The topological polar surface area (TPSA) is 125 Å². The maximum absolute atomic E-state index is 11.1. The van der Waals surface area contributed by atoms with Gasteiger partial charge in [-0.05, 0) is 0 Å². The van der Waals surface area contributed by atoms with Gasteiger partial charge in [0.1, 0.15) is 11.5 Å². The van der Waals surface area contributed by atoms with Gasteiger partial charge in [-0.3, -0.25) is 9.36 Å². The lowest BCUT2D eigenvalue weighted by atomic mass is 10.5. The van der Waals surface area contributed by atoms with Gasteiger partial charge in [-0.2, -0.15) is 0 Å². The van der Waals surface area contributed by atoms with E-state index in [-0.39, 0.29) is 16.2 Å². The van der Waals surface area contributed by atoms with Gasteiger partial charge in [-0.1, -0.05) is 0 Å². The van der Waals surface area contributed by atoms with Crippen LogP contribution in [0.4, 0.5) is 11.5 Å². The molecule has 0 amide bonds. The third-order valence-corrected chi connectivity index (χ3v) is 1.61. The van der Waals surface area contributed by atoms with Gasteiger partial charge in [0, 0.05) is 7.05 Å². The zero-order valence-electron chi connectivity index (χ0n) is 6.72. The van der Waals surface area contributed by atoms with Gasteiger partial charge < -0.3 is 11.5 Å². The molecule has 1 heterocycles. The molecule has 0 saturated carbocycles. The van der Waals surface area contributed by atoms with E-state index in [1.54, 1.807) is 0 Å². The average Bonchev–Trinajstić information content (AvgIpc) is 2.13. The molecule has 0 aliphatic heterocycles. The highest BCUT2D eigenvalue weighted by Crippen LogP contribution is 2.02. The van der Waals surface area contributed by atoms with Crippen LogP contribution >= 0.6 is 0 Å². The van der Waals surface area contributed by atoms with Gasteiger partial charge in [-0.25, -0.2) is 4.79 Å². The number of aromatic nitrogens is 2. The van der Waals surface area contributed by atoms with Crippen molar-refractivity contribution in [1.29, 1.82) is 0 Å². The van der Waals surface area contributed by atoms with Crippen LogP contribution in [0.2, 0.25) is 0 Å². The Balaban J connectivity index is 3.89. The van der Waals surface area contributed by atoms with Crippen molar-refractivity contribution in [2.75, 3.05) is 11.5 Å². The summed E-state index contributed by atoms with van der Waals surface area (Å²) in [7, 11) is 1.27. The van der Waals surface area contributed by atoms with Gasteiger partial charge in [0.25, 0.3) is 0 Å². The minimum absolute atomic E-state index is 0.103. The number of rotatable bonds is 1. The fraction of sp³-hybridized carbons (Fsp3) is 0.200. The van der Waals surface area contributed by atoms with Crippen molar-refractivity contribution < 1.29 is 0 Å². The normalized spacial score (nSPS) is 9.92. The fourth-order valence-electron chi connectivity index (χ4n) is 0.808. The molecule has 4 N–H and O–H groups in total. The quantitative estimate of drug-likeness (QED) is 0.501. The van der Waals surface area contributed by atoms with E-state index < -0.39 is 11.2 Å². The molecule has 0 aromatic carbocycles. The first-order chi connectivity index (χ1) is 6.00. The number of anilines is 2. The number of nitroso groups, excluding NO2 is 1. The van der Waals surface area contributed by atoms with E-state index in [4.69, 9.17) is 11.5 Å². The third-order valence-electron chi connectivity index (χ3n) is 1.61. The minimum atomic E-state index is -1.00. The van der Waals surface area contributed by atoms with Crippen molar-refractivity contribution in [3.8, 4) is 0 Å². The Kier molecular flexibility index (Phi) is 1.89. The van der Waals surface area contributed by atoms with Crippen LogP contribution in [0.3, 0.4) is 0 Å². The maximum Gasteiger partial charge on any atom is 0.356 e. The van der Waals surface area contributed by atoms with E-state index in [2.05, 4.69) is 5.29 Å². The number of hydrogen-bond donors (Lipinski definition) is 2. The number of nitrogens with zero attached hydrogens (tertiary/aromatic N) is 3. The van der Waals surface area contributed by atoms with Crippen molar-refractivity contribution in [2.45, 2.75) is 0 Å². The Morgan fingerprint density at radius 1 is 1.31 bits per heavy atom. The SMILES string of the molecule is Cn1c(N)c(N)c(=O)n(N=O)c1=O. The molecule has 0 aliphatic carbocycles. The molecule has 13 heavy (non-hydrogen) atoms. The monoisotopic (exact) mass is 185 g/mol. The number of hydrogen-bond acceptors (Lipinski definition) is 6. The van der Waals surface area contributed by atoms with E-state index >= 15 is 0 Å². The second kappa shape index (κ2) is 2.73. The summed E-state index contributed by atoms with van der Waals surface area (Å²) in [5.74, 6) is -0.185. The summed E-state index contributed by atoms with van der Waals surface area (Å²) in [4.78, 5) is 32.2. The third kappa shape index (κ3) is 1.08. The van der Waals surface area contributed by atoms with E-state index in [0.717, 1.165) is 4.57 Å². The van der Waals surface area contributed by atoms with Crippen molar-refractivity contribution in [3.63, 3.8) is 0 Å². The maximum atomic E-state index is 11.1. The van der Waals surface area contributed by atoms with Crippen LogP contribution in [0.1, 0.15) is 0 Å². The smallest absolute Gasteiger partial charge is 0.356 e. The zero-order chi connectivity index (χ0) is 10.2. The zero-order valence-corrected chi connectivity index (χ0v) is 6.72. The Bertz CT molecular complexity index is 433. The van der Waals surface area contributed by atoms with Crippen molar-refractivity contribution in [2.24, 2.45) is 12.3 Å². The molecule has 0 radical (unpaired) electrons. The van der Waals surface area contributed by atoms with Gasteiger partial charge in [0.2, 0.25) is 0 Å². The summed E-state index contributed by atoms with van der Waals surface area (Å²) in [5, 5.41) is 2.22. The Morgan fingerprint density at radius 2 is 1.85 bits per heavy atom.